The maximum atomic E-state index is 4.51. The molecule has 2 aromatic rings. The van der Waals surface area contributed by atoms with Gasteiger partial charge in [0.1, 0.15) is 0 Å². The average molecular weight is 374 g/mol. The van der Waals surface area contributed by atoms with Crippen LogP contribution in [-0.2, 0) is 13.1 Å². The summed E-state index contributed by atoms with van der Waals surface area (Å²) in [5.41, 5.74) is 0. The van der Waals surface area contributed by atoms with E-state index in [1.54, 1.807) is 22.7 Å². The highest BCUT2D eigenvalue weighted by Crippen LogP contribution is 2.26. The summed E-state index contributed by atoms with van der Waals surface area (Å²) < 4.78 is 1.16. The molecular weight excluding hydrogens is 354 g/mol. The molecule has 2 rings (SSSR count). The van der Waals surface area contributed by atoms with Gasteiger partial charge in [-0.25, -0.2) is 4.98 Å². The molecule has 0 saturated heterocycles. The Bertz CT molecular complexity index is 536. The molecule has 0 saturated carbocycles. The lowest BCUT2D eigenvalue weighted by atomic mass is 10.2. The van der Waals surface area contributed by atoms with Gasteiger partial charge in [-0.3, -0.25) is 0 Å². The molecule has 0 aromatic carbocycles. The van der Waals surface area contributed by atoms with Crippen molar-refractivity contribution in [2.75, 3.05) is 18.5 Å². The standard InChI is InChI=1S/C14H20BrN3S2/c1-10(2)5-16-6-13-7-17-14(20-13)18(3)8-12-4-11(15)9-19-12/h4,7,9-10,16H,5-6,8H2,1-3H3. The van der Waals surface area contributed by atoms with Crippen LogP contribution in [0.3, 0.4) is 0 Å². The largest absolute Gasteiger partial charge is 0.346 e. The smallest absolute Gasteiger partial charge is 0.185 e. The van der Waals surface area contributed by atoms with Gasteiger partial charge >= 0.3 is 0 Å². The highest BCUT2D eigenvalue weighted by molar-refractivity contribution is 9.10. The molecule has 6 heteroatoms. The number of hydrogen-bond donors (Lipinski definition) is 1. The normalized spacial score (nSPS) is 11.2. The van der Waals surface area contributed by atoms with Crippen LogP contribution in [0.2, 0.25) is 0 Å². The second-order valence-corrected chi connectivity index (χ2v) is 8.23. The Balaban J connectivity index is 1.87. The maximum absolute atomic E-state index is 4.51. The van der Waals surface area contributed by atoms with E-state index in [0.717, 1.165) is 29.2 Å². The number of thiophene rings is 1. The number of thiazole rings is 1. The van der Waals surface area contributed by atoms with Crippen LogP contribution in [0.1, 0.15) is 23.6 Å². The first-order valence-corrected chi connectivity index (χ1v) is 9.13. The van der Waals surface area contributed by atoms with Crippen molar-refractivity contribution in [3.8, 4) is 0 Å². The van der Waals surface area contributed by atoms with Gasteiger partial charge in [0.2, 0.25) is 0 Å². The molecule has 2 aromatic heterocycles. The summed E-state index contributed by atoms with van der Waals surface area (Å²) in [6, 6.07) is 2.17. The number of aromatic nitrogens is 1. The molecule has 2 heterocycles. The average Bonchev–Trinajstić information content (AvgIpc) is 2.98. The van der Waals surface area contributed by atoms with E-state index in [4.69, 9.17) is 0 Å². The molecule has 1 N–H and O–H groups in total. The molecule has 0 bridgehead atoms. The number of anilines is 1. The number of halogens is 1. The van der Waals surface area contributed by atoms with Crippen molar-refractivity contribution in [3.05, 3.63) is 31.9 Å². The third kappa shape index (κ3) is 4.84. The van der Waals surface area contributed by atoms with E-state index >= 15 is 0 Å². The van der Waals surface area contributed by atoms with Crippen LogP contribution in [-0.4, -0.2) is 18.6 Å². The fraction of sp³-hybridized carbons (Fsp3) is 0.500. The van der Waals surface area contributed by atoms with Crippen LogP contribution < -0.4 is 10.2 Å². The summed E-state index contributed by atoms with van der Waals surface area (Å²) in [4.78, 5) is 9.35. The van der Waals surface area contributed by atoms with E-state index in [9.17, 15) is 0 Å². The molecule has 0 spiro atoms. The van der Waals surface area contributed by atoms with Gasteiger partial charge in [0.15, 0.2) is 5.13 Å². The van der Waals surface area contributed by atoms with E-state index in [2.05, 4.69) is 63.5 Å². The van der Waals surface area contributed by atoms with Crippen LogP contribution in [0.15, 0.2) is 22.1 Å². The van der Waals surface area contributed by atoms with Crippen molar-refractivity contribution in [1.29, 1.82) is 0 Å². The lowest BCUT2D eigenvalue weighted by molar-refractivity contribution is 0.554. The topological polar surface area (TPSA) is 28.2 Å². The van der Waals surface area contributed by atoms with Gasteiger partial charge in [0.25, 0.3) is 0 Å². The quantitative estimate of drug-likeness (QED) is 0.781. The van der Waals surface area contributed by atoms with Crippen molar-refractivity contribution < 1.29 is 0 Å². The second-order valence-electron chi connectivity index (χ2n) is 5.22. The number of rotatable bonds is 7. The Kier molecular flexibility index (Phi) is 6.01. The Morgan fingerprint density at radius 2 is 2.20 bits per heavy atom. The first-order chi connectivity index (χ1) is 9.54. The van der Waals surface area contributed by atoms with Crippen LogP contribution in [0.5, 0.6) is 0 Å². The molecule has 3 nitrogen and oxygen atoms in total. The fourth-order valence-electron chi connectivity index (χ4n) is 1.78. The molecule has 0 atom stereocenters. The number of nitrogens with zero attached hydrogens (tertiary/aromatic N) is 2. The van der Waals surface area contributed by atoms with Gasteiger partial charge < -0.3 is 10.2 Å². The van der Waals surface area contributed by atoms with Crippen LogP contribution in [0.4, 0.5) is 5.13 Å². The zero-order valence-corrected chi connectivity index (χ0v) is 15.2. The third-order valence-electron chi connectivity index (χ3n) is 2.73. The monoisotopic (exact) mass is 373 g/mol. The number of hydrogen-bond acceptors (Lipinski definition) is 5. The van der Waals surface area contributed by atoms with Crippen molar-refractivity contribution in [3.63, 3.8) is 0 Å². The molecule has 0 amide bonds. The Labute approximate surface area is 137 Å². The summed E-state index contributed by atoms with van der Waals surface area (Å²) in [6.45, 7) is 7.30. The SMILES string of the molecule is CC(C)CNCc1cnc(N(C)Cc2cc(Br)cs2)s1. The van der Waals surface area contributed by atoms with Gasteiger partial charge in [-0.2, -0.15) is 0 Å². The van der Waals surface area contributed by atoms with E-state index in [-0.39, 0.29) is 0 Å². The summed E-state index contributed by atoms with van der Waals surface area (Å²) in [5, 5.41) is 6.65. The molecule has 0 fully saturated rings. The molecule has 0 aliphatic rings. The van der Waals surface area contributed by atoms with Gasteiger partial charge in [0, 0.05) is 39.4 Å². The lowest BCUT2D eigenvalue weighted by Crippen LogP contribution is -2.18. The molecule has 0 radical (unpaired) electrons. The van der Waals surface area contributed by atoms with Gasteiger partial charge in [0.05, 0.1) is 6.54 Å². The molecular formula is C14H20BrN3S2. The molecule has 0 aliphatic heterocycles. The minimum Gasteiger partial charge on any atom is -0.346 e. The van der Waals surface area contributed by atoms with Gasteiger partial charge in [-0.15, -0.1) is 22.7 Å². The van der Waals surface area contributed by atoms with Crippen molar-refractivity contribution in [2.45, 2.75) is 26.9 Å². The lowest BCUT2D eigenvalue weighted by Gasteiger charge is -2.14. The molecule has 110 valence electrons. The van der Waals surface area contributed by atoms with Gasteiger partial charge in [-0.05, 0) is 34.5 Å². The highest BCUT2D eigenvalue weighted by Gasteiger charge is 2.09. The first-order valence-electron chi connectivity index (χ1n) is 6.64. The summed E-state index contributed by atoms with van der Waals surface area (Å²) in [6.07, 6.45) is 1.98. The minimum atomic E-state index is 0.683. The molecule has 0 aliphatic carbocycles. The fourth-order valence-corrected chi connectivity index (χ4v) is 4.12. The number of nitrogens with one attached hydrogen (secondary N) is 1. The highest BCUT2D eigenvalue weighted by atomic mass is 79.9. The zero-order valence-electron chi connectivity index (χ0n) is 12.0. The molecule has 20 heavy (non-hydrogen) atoms. The van der Waals surface area contributed by atoms with E-state index < -0.39 is 0 Å². The Hall–Kier alpha value is -0.430. The van der Waals surface area contributed by atoms with E-state index in [0.29, 0.717) is 5.92 Å². The zero-order chi connectivity index (χ0) is 14.5. The summed E-state index contributed by atoms with van der Waals surface area (Å²) >= 11 is 7.03. The minimum absolute atomic E-state index is 0.683. The van der Waals surface area contributed by atoms with Crippen molar-refractivity contribution >= 4 is 43.7 Å². The second kappa shape index (κ2) is 7.54. The third-order valence-corrected chi connectivity index (χ3v) is 5.53. The Morgan fingerprint density at radius 1 is 1.40 bits per heavy atom. The maximum Gasteiger partial charge on any atom is 0.185 e. The van der Waals surface area contributed by atoms with Crippen LogP contribution >= 0.6 is 38.6 Å². The molecule has 0 unspecified atom stereocenters. The van der Waals surface area contributed by atoms with E-state index in [1.165, 1.54) is 9.75 Å². The summed E-state index contributed by atoms with van der Waals surface area (Å²) in [7, 11) is 2.10. The first kappa shape index (κ1) is 15.9. The van der Waals surface area contributed by atoms with Crippen LogP contribution in [0.25, 0.3) is 0 Å². The van der Waals surface area contributed by atoms with Crippen LogP contribution in [0, 0.1) is 5.92 Å². The predicted molar refractivity (Wildman–Crippen MR) is 92.8 cm³/mol. The Morgan fingerprint density at radius 3 is 2.85 bits per heavy atom. The predicted octanol–water partition coefficient (Wildman–Crippen LogP) is 4.35. The van der Waals surface area contributed by atoms with Crippen molar-refractivity contribution in [2.24, 2.45) is 5.92 Å². The van der Waals surface area contributed by atoms with Gasteiger partial charge in [-0.1, -0.05) is 13.8 Å². The van der Waals surface area contributed by atoms with Crippen molar-refractivity contribution in [1.82, 2.24) is 10.3 Å². The van der Waals surface area contributed by atoms with E-state index in [1.807, 2.05) is 6.20 Å². The summed E-state index contributed by atoms with van der Waals surface area (Å²) in [5.74, 6) is 0.683.